The van der Waals surface area contributed by atoms with Crippen LogP contribution in [0, 0.1) is 23.6 Å². The first-order chi connectivity index (χ1) is 11.6. The second-order valence-corrected chi connectivity index (χ2v) is 8.31. The molecular weight excluding hydrogens is 319 g/mol. The molecule has 0 N–H and O–H groups in total. The van der Waals surface area contributed by atoms with E-state index in [1.54, 1.807) is 12.1 Å². The molecule has 2 unspecified atom stereocenters. The maximum absolute atomic E-state index is 14.2. The Morgan fingerprint density at radius 1 is 1.21 bits per heavy atom. The Morgan fingerprint density at radius 2 is 1.96 bits per heavy atom. The van der Waals surface area contributed by atoms with Crippen LogP contribution in [0.1, 0.15) is 70.3 Å². The summed E-state index contributed by atoms with van der Waals surface area (Å²) in [5.74, 6) is 1.90. The summed E-state index contributed by atoms with van der Waals surface area (Å²) in [5.41, 5.74) is 1.32. The monoisotopic (exact) mass is 348 g/mol. The van der Waals surface area contributed by atoms with Crippen LogP contribution in [0.15, 0.2) is 30.9 Å². The fraction of sp³-hybridized carbons (Fsp3) is 0.636. The zero-order chi connectivity index (χ0) is 17.2. The van der Waals surface area contributed by atoms with Crippen molar-refractivity contribution in [2.45, 2.75) is 70.1 Å². The maximum atomic E-state index is 14.2. The van der Waals surface area contributed by atoms with Gasteiger partial charge in [-0.15, -0.1) is 6.58 Å². The van der Waals surface area contributed by atoms with Gasteiger partial charge >= 0.3 is 0 Å². The van der Waals surface area contributed by atoms with Crippen LogP contribution >= 0.6 is 11.6 Å². The van der Waals surface area contributed by atoms with Crippen molar-refractivity contribution < 1.29 is 4.39 Å². The molecule has 1 aromatic carbocycles. The van der Waals surface area contributed by atoms with Crippen LogP contribution in [0.25, 0.3) is 0 Å². The van der Waals surface area contributed by atoms with E-state index >= 15 is 0 Å². The summed E-state index contributed by atoms with van der Waals surface area (Å²) in [6.45, 7) is 6.27. The molecule has 24 heavy (non-hydrogen) atoms. The first-order valence-corrected chi connectivity index (χ1v) is 10.1. The number of hydrogen-bond acceptors (Lipinski definition) is 0. The second kappa shape index (κ2) is 7.60. The normalized spacial score (nSPS) is 34.0. The van der Waals surface area contributed by atoms with Gasteiger partial charge in [0.05, 0.1) is 5.02 Å². The third-order valence-corrected chi connectivity index (χ3v) is 7.25. The molecule has 0 amide bonds. The fourth-order valence-electron chi connectivity index (χ4n) is 5.54. The largest absolute Gasteiger partial charge is 0.205 e. The smallest absolute Gasteiger partial charge is 0.142 e. The molecule has 0 aromatic heterocycles. The highest BCUT2D eigenvalue weighted by molar-refractivity contribution is 6.30. The highest BCUT2D eigenvalue weighted by atomic mass is 35.5. The Labute approximate surface area is 151 Å². The molecule has 132 valence electrons. The lowest BCUT2D eigenvalue weighted by Crippen LogP contribution is -2.42. The standard InChI is InChI=1S/C22H30ClF/c1-3-16-8-10-17(11-9-16)19-7-5-6-14-22(19,4-2)18-12-13-20(23)21(24)15-18/h3,12-13,15-17,19H,1,4-11,14H2,2H3. The van der Waals surface area contributed by atoms with Crippen LogP contribution in [0.2, 0.25) is 5.02 Å². The SMILES string of the molecule is C=CC1CCC(C2CCCCC2(CC)c2ccc(Cl)c(F)c2)CC1. The molecule has 1 aromatic rings. The molecule has 2 heteroatoms. The van der Waals surface area contributed by atoms with Gasteiger partial charge in [0.15, 0.2) is 0 Å². The van der Waals surface area contributed by atoms with Crippen LogP contribution < -0.4 is 0 Å². The van der Waals surface area contributed by atoms with Gasteiger partial charge in [-0.3, -0.25) is 0 Å². The Hall–Kier alpha value is -0.820. The fourth-order valence-corrected chi connectivity index (χ4v) is 5.66. The molecule has 2 aliphatic carbocycles. The summed E-state index contributed by atoms with van der Waals surface area (Å²) in [6.07, 6.45) is 13.5. The van der Waals surface area contributed by atoms with E-state index in [1.165, 1.54) is 56.9 Å². The first kappa shape index (κ1) is 18.0. The average molecular weight is 349 g/mol. The van der Waals surface area contributed by atoms with Crippen molar-refractivity contribution in [2.24, 2.45) is 17.8 Å². The van der Waals surface area contributed by atoms with Gasteiger partial charge in [-0.05, 0) is 85.8 Å². The van der Waals surface area contributed by atoms with Crippen molar-refractivity contribution >= 4 is 11.6 Å². The molecule has 0 radical (unpaired) electrons. The topological polar surface area (TPSA) is 0 Å². The molecule has 0 saturated heterocycles. The molecule has 3 rings (SSSR count). The second-order valence-electron chi connectivity index (χ2n) is 7.90. The van der Waals surface area contributed by atoms with Crippen molar-refractivity contribution in [3.05, 3.63) is 47.3 Å². The van der Waals surface area contributed by atoms with Crippen molar-refractivity contribution in [2.75, 3.05) is 0 Å². The van der Waals surface area contributed by atoms with E-state index < -0.39 is 0 Å². The summed E-state index contributed by atoms with van der Waals surface area (Å²) in [6, 6.07) is 5.56. The van der Waals surface area contributed by atoms with E-state index in [-0.39, 0.29) is 16.3 Å². The van der Waals surface area contributed by atoms with Gasteiger partial charge in [0.25, 0.3) is 0 Å². The van der Waals surface area contributed by atoms with E-state index in [9.17, 15) is 4.39 Å². The van der Waals surface area contributed by atoms with E-state index in [4.69, 9.17) is 11.6 Å². The van der Waals surface area contributed by atoms with Gasteiger partial charge in [0.1, 0.15) is 5.82 Å². The predicted molar refractivity (Wildman–Crippen MR) is 101 cm³/mol. The zero-order valence-electron chi connectivity index (χ0n) is 14.9. The summed E-state index contributed by atoms with van der Waals surface area (Å²) in [4.78, 5) is 0. The Bertz CT molecular complexity index is 573. The van der Waals surface area contributed by atoms with Gasteiger partial charge in [-0.1, -0.05) is 43.5 Å². The molecule has 2 atom stereocenters. The lowest BCUT2D eigenvalue weighted by atomic mass is 9.55. The van der Waals surface area contributed by atoms with Gasteiger partial charge in [0.2, 0.25) is 0 Å². The predicted octanol–water partition coefficient (Wildman–Crippen LogP) is 7.31. The van der Waals surface area contributed by atoms with E-state index in [1.807, 2.05) is 0 Å². The Morgan fingerprint density at radius 3 is 2.58 bits per heavy atom. The Balaban J connectivity index is 1.90. The summed E-state index contributed by atoms with van der Waals surface area (Å²) in [5, 5.41) is 0.240. The minimum atomic E-state index is -0.262. The minimum absolute atomic E-state index is 0.134. The van der Waals surface area contributed by atoms with Gasteiger partial charge in [0, 0.05) is 0 Å². The number of hydrogen-bond donors (Lipinski definition) is 0. The van der Waals surface area contributed by atoms with Crippen LogP contribution in [0.3, 0.4) is 0 Å². The third-order valence-electron chi connectivity index (χ3n) is 6.94. The summed E-state index contributed by atoms with van der Waals surface area (Å²) >= 11 is 5.94. The summed E-state index contributed by atoms with van der Waals surface area (Å²) in [7, 11) is 0. The molecule has 2 aliphatic rings. The molecule has 2 saturated carbocycles. The highest BCUT2D eigenvalue weighted by Crippen LogP contribution is 2.53. The molecule has 0 spiro atoms. The number of allylic oxidation sites excluding steroid dienone is 1. The molecule has 0 bridgehead atoms. The van der Waals surface area contributed by atoms with Crippen LogP contribution in [-0.4, -0.2) is 0 Å². The molecule has 0 heterocycles. The van der Waals surface area contributed by atoms with Crippen molar-refractivity contribution in [1.29, 1.82) is 0 Å². The van der Waals surface area contributed by atoms with Crippen molar-refractivity contribution in [1.82, 2.24) is 0 Å². The van der Waals surface area contributed by atoms with Crippen molar-refractivity contribution in [3.8, 4) is 0 Å². The summed E-state index contributed by atoms with van der Waals surface area (Å²) < 4.78 is 14.2. The van der Waals surface area contributed by atoms with Gasteiger partial charge in [-0.25, -0.2) is 4.39 Å². The van der Waals surface area contributed by atoms with E-state index in [0.29, 0.717) is 11.8 Å². The van der Waals surface area contributed by atoms with E-state index in [2.05, 4.69) is 25.6 Å². The maximum Gasteiger partial charge on any atom is 0.142 e. The lowest BCUT2D eigenvalue weighted by Gasteiger charge is -2.49. The van der Waals surface area contributed by atoms with E-state index in [0.717, 1.165) is 12.3 Å². The minimum Gasteiger partial charge on any atom is -0.205 e. The lowest BCUT2D eigenvalue weighted by molar-refractivity contribution is 0.0842. The Kier molecular flexibility index (Phi) is 5.70. The van der Waals surface area contributed by atoms with Crippen LogP contribution in [0.5, 0.6) is 0 Å². The third kappa shape index (κ3) is 3.29. The first-order valence-electron chi connectivity index (χ1n) is 9.69. The zero-order valence-corrected chi connectivity index (χ0v) is 15.6. The van der Waals surface area contributed by atoms with Gasteiger partial charge in [-0.2, -0.15) is 0 Å². The quantitative estimate of drug-likeness (QED) is 0.500. The molecule has 2 fully saturated rings. The molecular formula is C22H30ClF. The molecule has 0 nitrogen and oxygen atoms in total. The number of rotatable bonds is 4. The number of halogens is 2. The number of benzene rings is 1. The molecule has 0 aliphatic heterocycles. The average Bonchev–Trinajstić information content (AvgIpc) is 2.64. The highest BCUT2D eigenvalue weighted by Gasteiger charge is 2.45. The van der Waals surface area contributed by atoms with Crippen LogP contribution in [-0.2, 0) is 5.41 Å². The van der Waals surface area contributed by atoms with Crippen LogP contribution in [0.4, 0.5) is 4.39 Å². The van der Waals surface area contributed by atoms with Crippen molar-refractivity contribution in [3.63, 3.8) is 0 Å². The van der Waals surface area contributed by atoms with Gasteiger partial charge < -0.3 is 0 Å².